The van der Waals surface area contributed by atoms with Crippen molar-refractivity contribution in [3.05, 3.63) is 58.3 Å². The van der Waals surface area contributed by atoms with Crippen molar-refractivity contribution in [2.24, 2.45) is 0 Å². The fourth-order valence-electron chi connectivity index (χ4n) is 1.39. The predicted molar refractivity (Wildman–Crippen MR) is 69.5 cm³/mol. The lowest BCUT2D eigenvalue weighted by molar-refractivity contribution is 0.0469. The summed E-state index contributed by atoms with van der Waals surface area (Å²) in [5.41, 5.74) is 0.844. The Balaban J connectivity index is 1.92. The van der Waals surface area contributed by atoms with E-state index in [2.05, 4.69) is 20.9 Å². The molecular weight excluding hydrogens is 298 g/mol. The molecule has 1 N–H and O–H groups in total. The Kier molecular flexibility index (Phi) is 3.94. The number of aromatic nitrogens is 1. The molecule has 0 aliphatic heterocycles. The van der Waals surface area contributed by atoms with E-state index in [0.717, 1.165) is 4.47 Å². The molecule has 1 heterocycles. The van der Waals surface area contributed by atoms with Crippen molar-refractivity contribution >= 4 is 27.7 Å². The molecule has 0 saturated heterocycles. The minimum Gasteiger partial charge on any atom is -0.453 e. The van der Waals surface area contributed by atoms with Gasteiger partial charge in [0.15, 0.2) is 12.4 Å². The number of hydrogen-bond acceptors (Lipinski definition) is 3. The molecule has 0 aliphatic rings. The molecule has 0 amide bonds. The number of ether oxygens (including phenoxy) is 1. The van der Waals surface area contributed by atoms with E-state index in [1.54, 1.807) is 42.6 Å². The Morgan fingerprint density at radius 3 is 2.50 bits per heavy atom. The van der Waals surface area contributed by atoms with Crippen LogP contribution in [0, 0.1) is 0 Å². The lowest BCUT2D eigenvalue weighted by atomic mass is 10.1. The summed E-state index contributed by atoms with van der Waals surface area (Å²) >= 11 is 3.28. The topological polar surface area (TPSA) is 59.2 Å². The number of H-pyrrole nitrogens is 1. The third-order valence-electron chi connectivity index (χ3n) is 2.32. The maximum atomic E-state index is 11.7. The second-order valence-corrected chi connectivity index (χ2v) is 4.51. The second-order valence-electron chi connectivity index (χ2n) is 3.59. The molecular formula is C13H10BrNO3. The van der Waals surface area contributed by atoms with Gasteiger partial charge in [0.2, 0.25) is 0 Å². The Morgan fingerprint density at radius 2 is 1.89 bits per heavy atom. The molecule has 92 valence electrons. The van der Waals surface area contributed by atoms with Crippen LogP contribution < -0.4 is 0 Å². The molecule has 2 rings (SSSR count). The van der Waals surface area contributed by atoms with E-state index < -0.39 is 5.97 Å². The van der Waals surface area contributed by atoms with Gasteiger partial charge >= 0.3 is 5.97 Å². The van der Waals surface area contributed by atoms with Crippen LogP contribution in [0.15, 0.2) is 47.1 Å². The van der Waals surface area contributed by atoms with Crippen LogP contribution >= 0.6 is 15.9 Å². The number of halogens is 1. The van der Waals surface area contributed by atoms with Gasteiger partial charge in [0, 0.05) is 16.2 Å². The summed E-state index contributed by atoms with van der Waals surface area (Å²) in [5.74, 6) is -0.770. The Bertz CT molecular complexity index is 546. The monoisotopic (exact) mass is 307 g/mol. The summed E-state index contributed by atoms with van der Waals surface area (Å²) in [5, 5.41) is 0. The number of hydrogen-bond donors (Lipinski definition) is 1. The van der Waals surface area contributed by atoms with E-state index in [1.807, 2.05) is 0 Å². The molecule has 0 saturated carbocycles. The molecule has 0 atom stereocenters. The van der Waals surface area contributed by atoms with Crippen LogP contribution in [0.4, 0.5) is 0 Å². The molecule has 0 fully saturated rings. The standard InChI is InChI=1S/C13H10BrNO3/c14-10-5-3-9(4-6-10)12(16)8-18-13(17)11-2-1-7-15-11/h1-7,15H,8H2. The smallest absolute Gasteiger partial charge is 0.355 e. The number of Topliss-reactive ketones (excluding diaryl/α,β-unsaturated/α-hetero) is 1. The number of esters is 1. The molecule has 5 heteroatoms. The summed E-state index contributed by atoms with van der Waals surface area (Å²) in [4.78, 5) is 25.9. The van der Waals surface area contributed by atoms with Crippen molar-refractivity contribution < 1.29 is 14.3 Å². The highest BCUT2D eigenvalue weighted by molar-refractivity contribution is 9.10. The largest absolute Gasteiger partial charge is 0.453 e. The van der Waals surface area contributed by atoms with Gasteiger partial charge in [-0.2, -0.15) is 0 Å². The van der Waals surface area contributed by atoms with Crippen LogP contribution in [0.1, 0.15) is 20.8 Å². The fourth-order valence-corrected chi connectivity index (χ4v) is 1.65. The first kappa shape index (κ1) is 12.6. The third-order valence-corrected chi connectivity index (χ3v) is 2.85. The maximum absolute atomic E-state index is 11.7. The van der Waals surface area contributed by atoms with E-state index in [0.29, 0.717) is 11.3 Å². The normalized spacial score (nSPS) is 10.1. The van der Waals surface area contributed by atoms with Crippen molar-refractivity contribution in [3.63, 3.8) is 0 Å². The molecule has 18 heavy (non-hydrogen) atoms. The first-order chi connectivity index (χ1) is 8.66. The number of rotatable bonds is 4. The van der Waals surface area contributed by atoms with Gasteiger partial charge < -0.3 is 9.72 Å². The van der Waals surface area contributed by atoms with Crippen LogP contribution in [0.5, 0.6) is 0 Å². The number of aromatic amines is 1. The Morgan fingerprint density at radius 1 is 1.17 bits per heavy atom. The van der Waals surface area contributed by atoms with Gasteiger partial charge in [0.25, 0.3) is 0 Å². The van der Waals surface area contributed by atoms with Crippen LogP contribution in [0.3, 0.4) is 0 Å². The lowest BCUT2D eigenvalue weighted by Gasteiger charge is -2.03. The number of benzene rings is 1. The molecule has 0 aliphatic carbocycles. The predicted octanol–water partition coefficient (Wildman–Crippen LogP) is 2.82. The average molecular weight is 308 g/mol. The van der Waals surface area contributed by atoms with Gasteiger partial charge in [-0.15, -0.1) is 0 Å². The van der Waals surface area contributed by atoms with Gasteiger partial charge in [0.05, 0.1) is 0 Å². The van der Waals surface area contributed by atoms with Crippen molar-refractivity contribution in [1.29, 1.82) is 0 Å². The van der Waals surface area contributed by atoms with Gasteiger partial charge in [0.1, 0.15) is 5.69 Å². The van der Waals surface area contributed by atoms with Gasteiger partial charge in [-0.3, -0.25) is 4.79 Å². The summed E-state index contributed by atoms with van der Waals surface area (Å²) in [6.45, 7) is -0.264. The third kappa shape index (κ3) is 3.07. The highest BCUT2D eigenvalue weighted by atomic mass is 79.9. The first-order valence-corrected chi connectivity index (χ1v) is 6.05. The van der Waals surface area contributed by atoms with Gasteiger partial charge in [-0.05, 0) is 24.3 Å². The van der Waals surface area contributed by atoms with Crippen molar-refractivity contribution in [1.82, 2.24) is 4.98 Å². The number of carbonyl (C=O) groups excluding carboxylic acids is 2. The van der Waals surface area contributed by atoms with Crippen molar-refractivity contribution in [2.45, 2.75) is 0 Å². The van der Waals surface area contributed by atoms with E-state index in [-0.39, 0.29) is 12.4 Å². The minimum atomic E-state index is -0.537. The Labute approximate surface area is 112 Å². The summed E-state index contributed by atoms with van der Waals surface area (Å²) < 4.78 is 5.79. The zero-order chi connectivity index (χ0) is 13.0. The zero-order valence-corrected chi connectivity index (χ0v) is 10.9. The molecule has 1 aromatic heterocycles. The van der Waals surface area contributed by atoms with Crippen LogP contribution in [-0.4, -0.2) is 23.3 Å². The number of ketones is 1. The summed E-state index contributed by atoms with van der Waals surface area (Å²) in [7, 11) is 0. The van der Waals surface area contributed by atoms with E-state index >= 15 is 0 Å². The van der Waals surface area contributed by atoms with E-state index in [1.165, 1.54) is 0 Å². The summed E-state index contributed by atoms with van der Waals surface area (Å²) in [6, 6.07) is 10.2. The minimum absolute atomic E-state index is 0.234. The van der Waals surface area contributed by atoms with Gasteiger partial charge in [-0.1, -0.05) is 28.1 Å². The molecule has 0 unspecified atom stereocenters. The molecule has 2 aromatic rings. The number of carbonyl (C=O) groups is 2. The quantitative estimate of drug-likeness (QED) is 0.698. The van der Waals surface area contributed by atoms with Crippen LogP contribution in [0.25, 0.3) is 0 Å². The lowest BCUT2D eigenvalue weighted by Crippen LogP contribution is -2.14. The maximum Gasteiger partial charge on any atom is 0.355 e. The zero-order valence-electron chi connectivity index (χ0n) is 9.35. The highest BCUT2D eigenvalue weighted by Gasteiger charge is 2.11. The fraction of sp³-hybridized carbons (Fsp3) is 0.0769. The summed E-state index contributed by atoms with van der Waals surface area (Å²) in [6.07, 6.45) is 1.62. The van der Waals surface area contributed by atoms with E-state index in [4.69, 9.17) is 4.74 Å². The molecule has 0 bridgehead atoms. The molecule has 0 spiro atoms. The average Bonchev–Trinajstić information content (AvgIpc) is 2.90. The molecule has 0 radical (unpaired) electrons. The first-order valence-electron chi connectivity index (χ1n) is 5.26. The molecule has 1 aromatic carbocycles. The SMILES string of the molecule is O=C(COC(=O)c1ccc[nH]1)c1ccc(Br)cc1. The van der Waals surface area contributed by atoms with E-state index in [9.17, 15) is 9.59 Å². The van der Waals surface area contributed by atoms with Crippen molar-refractivity contribution in [3.8, 4) is 0 Å². The van der Waals surface area contributed by atoms with Crippen LogP contribution in [0.2, 0.25) is 0 Å². The Hall–Kier alpha value is -1.88. The van der Waals surface area contributed by atoms with Crippen molar-refractivity contribution in [2.75, 3.05) is 6.61 Å². The highest BCUT2D eigenvalue weighted by Crippen LogP contribution is 2.11. The van der Waals surface area contributed by atoms with Crippen LogP contribution in [-0.2, 0) is 4.74 Å². The number of nitrogens with one attached hydrogen (secondary N) is 1. The molecule has 4 nitrogen and oxygen atoms in total. The second kappa shape index (κ2) is 5.64. The van der Waals surface area contributed by atoms with Gasteiger partial charge in [-0.25, -0.2) is 4.79 Å².